The van der Waals surface area contributed by atoms with Crippen molar-refractivity contribution in [3.8, 4) is 0 Å². The topological polar surface area (TPSA) is 60.2 Å². The van der Waals surface area contributed by atoms with Gasteiger partial charge in [-0.15, -0.1) is 0 Å². The predicted octanol–water partition coefficient (Wildman–Crippen LogP) is 0.366. The summed E-state index contributed by atoms with van der Waals surface area (Å²) in [4.78, 5) is 18.9. The first kappa shape index (κ1) is 6.81. The maximum atomic E-state index is 10.0. The molecule has 0 aliphatic heterocycles. The van der Waals surface area contributed by atoms with Gasteiger partial charge in [0, 0.05) is 6.92 Å². The largest absolute Gasteiger partial charge is 0.304 e. The van der Waals surface area contributed by atoms with E-state index in [-0.39, 0.29) is 0 Å². The zero-order valence-corrected chi connectivity index (χ0v) is 4.38. The van der Waals surface area contributed by atoms with Gasteiger partial charge >= 0.3 is 5.70 Å². The van der Waals surface area contributed by atoms with E-state index >= 15 is 0 Å². The van der Waals surface area contributed by atoms with Crippen LogP contribution in [0, 0.1) is 10.1 Å². The van der Waals surface area contributed by atoms with Crippen LogP contribution in [0.15, 0.2) is 12.3 Å². The molecule has 0 unspecified atom stereocenters. The quantitative estimate of drug-likeness (QED) is 0.296. The van der Waals surface area contributed by atoms with E-state index in [0.717, 1.165) is 6.92 Å². The van der Waals surface area contributed by atoms with E-state index in [1.807, 2.05) is 0 Å². The number of hydrogen-bond acceptors (Lipinski definition) is 3. The Labute approximate surface area is 46.0 Å². The van der Waals surface area contributed by atoms with E-state index in [2.05, 4.69) is 6.58 Å². The van der Waals surface area contributed by atoms with Gasteiger partial charge in [-0.3, -0.25) is 14.9 Å². The molecule has 0 aromatic heterocycles. The molecule has 4 nitrogen and oxygen atoms in total. The Kier molecular flexibility index (Phi) is 1.88. The minimum Gasteiger partial charge on any atom is -0.288 e. The number of nitro groups is 1. The first-order chi connectivity index (χ1) is 3.55. The molecule has 0 spiro atoms. The Morgan fingerprint density at radius 1 is 1.75 bits per heavy atom. The van der Waals surface area contributed by atoms with Crippen molar-refractivity contribution in [1.29, 1.82) is 0 Å². The molecule has 44 valence electrons. The van der Waals surface area contributed by atoms with Crippen LogP contribution < -0.4 is 0 Å². The van der Waals surface area contributed by atoms with Crippen molar-refractivity contribution in [2.45, 2.75) is 6.92 Å². The Bertz CT molecular complexity index is 133. The lowest BCUT2D eigenvalue weighted by Gasteiger charge is -1.84. The summed E-state index contributed by atoms with van der Waals surface area (Å²) in [5, 5.41) is 9.63. The van der Waals surface area contributed by atoms with Gasteiger partial charge in [-0.1, -0.05) is 0 Å². The van der Waals surface area contributed by atoms with Crippen LogP contribution in [-0.4, -0.2) is 10.7 Å². The molecule has 0 saturated carbocycles. The molecule has 8 heavy (non-hydrogen) atoms. The minimum atomic E-state index is -0.803. The highest BCUT2D eigenvalue weighted by Crippen LogP contribution is 1.89. The zero-order valence-electron chi connectivity index (χ0n) is 4.38. The third kappa shape index (κ3) is 1.51. The van der Waals surface area contributed by atoms with Crippen LogP contribution >= 0.6 is 0 Å². The number of allylic oxidation sites excluding steroid dienone is 1. The highest BCUT2D eigenvalue weighted by atomic mass is 16.6. The molecule has 0 atom stereocenters. The fraction of sp³-hybridized carbons (Fsp3) is 0.250. The van der Waals surface area contributed by atoms with E-state index in [0.29, 0.717) is 0 Å². The molecule has 0 bridgehead atoms. The molecule has 0 saturated heterocycles. The van der Waals surface area contributed by atoms with Crippen LogP contribution in [-0.2, 0) is 4.79 Å². The van der Waals surface area contributed by atoms with Gasteiger partial charge in [0.25, 0.3) is 0 Å². The lowest BCUT2D eigenvalue weighted by Crippen LogP contribution is -2.04. The van der Waals surface area contributed by atoms with E-state index in [1.165, 1.54) is 0 Å². The summed E-state index contributed by atoms with van der Waals surface area (Å²) in [5.74, 6) is -0.602. The summed E-state index contributed by atoms with van der Waals surface area (Å²) in [7, 11) is 0. The molecule has 0 N–H and O–H groups in total. The minimum absolute atomic E-state index is 0.565. The Hall–Kier alpha value is -1.19. The SMILES string of the molecule is C=C(C(C)=O)[N+](=O)[O-]. The maximum Gasteiger partial charge on any atom is 0.304 e. The van der Waals surface area contributed by atoms with Crippen molar-refractivity contribution in [3.05, 3.63) is 22.4 Å². The van der Waals surface area contributed by atoms with Crippen molar-refractivity contribution < 1.29 is 9.72 Å². The summed E-state index contributed by atoms with van der Waals surface area (Å²) in [6.45, 7) is 4.01. The smallest absolute Gasteiger partial charge is 0.288 e. The summed E-state index contributed by atoms with van der Waals surface area (Å²) in [6, 6.07) is 0. The summed E-state index contributed by atoms with van der Waals surface area (Å²) in [5.41, 5.74) is -0.565. The summed E-state index contributed by atoms with van der Waals surface area (Å²) < 4.78 is 0. The Balaban J connectivity index is 4.05. The van der Waals surface area contributed by atoms with Crippen molar-refractivity contribution in [2.75, 3.05) is 0 Å². The van der Waals surface area contributed by atoms with E-state index in [1.54, 1.807) is 0 Å². The summed E-state index contributed by atoms with van der Waals surface area (Å²) in [6.07, 6.45) is 0. The molecule has 0 heterocycles. The van der Waals surface area contributed by atoms with Crippen molar-refractivity contribution in [1.82, 2.24) is 0 Å². The number of ketones is 1. The van der Waals surface area contributed by atoms with E-state index < -0.39 is 16.4 Å². The van der Waals surface area contributed by atoms with Crippen molar-refractivity contribution in [3.63, 3.8) is 0 Å². The van der Waals surface area contributed by atoms with Gasteiger partial charge in [-0.2, -0.15) is 0 Å². The van der Waals surface area contributed by atoms with E-state index in [9.17, 15) is 14.9 Å². The first-order valence-electron chi connectivity index (χ1n) is 1.90. The van der Waals surface area contributed by atoms with Crippen LogP contribution in [0.25, 0.3) is 0 Å². The van der Waals surface area contributed by atoms with Crippen LogP contribution in [0.5, 0.6) is 0 Å². The zero-order chi connectivity index (χ0) is 6.73. The average Bonchev–Trinajstić information content (AvgIpc) is 1.64. The van der Waals surface area contributed by atoms with Crippen LogP contribution in [0.3, 0.4) is 0 Å². The van der Waals surface area contributed by atoms with Crippen molar-refractivity contribution in [2.24, 2.45) is 0 Å². The molecule has 4 heteroatoms. The molecule has 0 aromatic carbocycles. The fourth-order valence-electron chi connectivity index (χ4n) is 0.129. The number of hydrogen-bond donors (Lipinski definition) is 0. The second-order valence-electron chi connectivity index (χ2n) is 1.26. The standard InChI is InChI=1S/C4H5NO3/c1-3(4(2)6)5(7)8/h1H2,2H3. The third-order valence-corrected chi connectivity index (χ3v) is 0.627. The van der Waals surface area contributed by atoms with Gasteiger partial charge in [-0.05, 0) is 6.58 Å². The van der Waals surface area contributed by atoms with E-state index in [4.69, 9.17) is 0 Å². The molecule has 0 aliphatic carbocycles. The van der Waals surface area contributed by atoms with Crippen molar-refractivity contribution >= 4 is 5.78 Å². The number of nitrogens with zero attached hydrogens (tertiary/aromatic N) is 1. The van der Waals surface area contributed by atoms with Crippen LogP contribution in [0.1, 0.15) is 6.92 Å². The molecule has 0 rings (SSSR count). The van der Waals surface area contributed by atoms with Gasteiger partial charge < -0.3 is 0 Å². The monoisotopic (exact) mass is 115 g/mol. The predicted molar refractivity (Wildman–Crippen MR) is 26.8 cm³/mol. The second-order valence-corrected chi connectivity index (χ2v) is 1.26. The Morgan fingerprint density at radius 2 is 2.12 bits per heavy atom. The molecular weight excluding hydrogens is 110 g/mol. The van der Waals surface area contributed by atoms with Gasteiger partial charge in [-0.25, -0.2) is 0 Å². The molecule has 0 aliphatic rings. The second kappa shape index (κ2) is 2.20. The molecule has 0 amide bonds. The highest BCUT2D eigenvalue weighted by molar-refractivity contribution is 5.89. The summed E-state index contributed by atoms with van der Waals surface area (Å²) >= 11 is 0. The lowest BCUT2D eigenvalue weighted by molar-refractivity contribution is -0.418. The molecule has 0 radical (unpaired) electrons. The normalized spacial score (nSPS) is 8.12. The van der Waals surface area contributed by atoms with Crippen LogP contribution in [0.4, 0.5) is 0 Å². The fourth-order valence-corrected chi connectivity index (χ4v) is 0.129. The number of rotatable bonds is 2. The average molecular weight is 115 g/mol. The van der Waals surface area contributed by atoms with Gasteiger partial charge in [0.1, 0.15) is 0 Å². The molecular formula is C4H5NO3. The molecule has 0 fully saturated rings. The number of carbonyl (C=O) groups excluding carboxylic acids is 1. The van der Waals surface area contributed by atoms with Gasteiger partial charge in [0.2, 0.25) is 5.78 Å². The van der Waals surface area contributed by atoms with Crippen LogP contribution in [0.2, 0.25) is 0 Å². The lowest BCUT2D eigenvalue weighted by atomic mass is 10.4. The number of Topliss-reactive ketones (excluding diaryl/α,β-unsaturated/α-hetero) is 1. The molecule has 0 aromatic rings. The number of carbonyl (C=O) groups is 1. The first-order valence-corrected chi connectivity index (χ1v) is 1.90. The van der Waals surface area contributed by atoms with Gasteiger partial charge in [0.15, 0.2) is 0 Å². The van der Waals surface area contributed by atoms with Gasteiger partial charge in [0.05, 0.1) is 4.92 Å². The highest BCUT2D eigenvalue weighted by Gasteiger charge is 2.10. The Morgan fingerprint density at radius 3 is 2.12 bits per heavy atom. The third-order valence-electron chi connectivity index (χ3n) is 0.627. The maximum absolute atomic E-state index is 10.0.